The zero-order valence-corrected chi connectivity index (χ0v) is 10.2. The monoisotopic (exact) mass is 249 g/mol. The Morgan fingerprint density at radius 3 is 2.33 bits per heavy atom. The van der Waals surface area contributed by atoms with Crippen molar-refractivity contribution in [2.45, 2.75) is 6.92 Å². The van der Waals surface area contributed by atoms with Crippen LogP contribution in [0, 0.1) is 0 Å². The molecule has 96 valence electrons. The minimum absolute atomic E-state index is 0.0207. The first-order chi connectivity index (χ1) is 8.66. The molecule has 1 heterocycles. The van der Waals surface area contributed by atoms with E-state index in [2.05, 4.69) is 0 Å². The van der Waals surface area contributed by atoms with Crippen LogP contribution in [0.25, 0.3) is 0 Å². The number of hydrogen-bond acceptors (Lipinski definition) is 4. The summed E-state index contributed by atoms with van der Waals surface area (Å²) in [6, 6.07) is 6.57. The number of hydrogen-bond donors (Lipinski definition) is 0. The molecule has 1 aromatic carbocycles. The normalized spacial score (nSPS) is 15.3. The van der Waals surface area contributed by atoms with Crippen LogP contribution in [0.1, 0.15) is 17.3 Å². The van der Waals surface area contributed by atoms with Gasteiger partial charge in [0.15, 0.2) is 0 Å². The summed E-state index contributed by atoms with van der Waals surface area (Å²) in [5.41, 5.74) is 0.591. The molecule has 0 saturated carbocycles. The van der Waals surface area contributed by atoms with Crippen molar-refractivity contribution in [3.05, 3.63) is 29.8 Å². The maximum atomic E-state index is 12.1. The van der Waals surface area contributed by atoms with Gasteiger partial charge in [-0.1, -0.05) is 0 Å². The highest BCUT2D eigenvalue weighted by molar-refractivity contribution is 5.94. The molecular formula is C13H15NO4. The summed E-state index contributed by atoms with van der Waals surface area (Å²) in [5, 5.41) is 0. The van der Waals surface area contributed by atoms with Gasteiger partial charge in [0.05, 0.1) is 13.2 Å². The topological polar surface area (TPSA) is 55.8 Å². The van der Waals surface area contributed by atoms with E-state index in [1.54, 1.807) is 29.2 Å². The fourth-order valence-corrected chi connectivity index (χ4v) is 1.78. The summed E-state index contributed by atoms with van der Waals surface area (Å²) in [4.78, 5) is 24.6. The van der Waals surface area contributed by atoms with Gasteiger partial charge in [-0.05, 0) is 24.3 Å². The van der Waals surface area contributed by atoms with E-state index in [0.29, 0.717) is 37.6 Å². The highest BCUT2D eigenvalue weighted by Gasteiger charge is 2.18. The highest BCUT2D eigenvalue weighted by Crippen LogP contribution is 2.14. The smallest absolute Gasteiger partial charge is 0.308 e. The lowest BCUT2D eigenvalue weighted by Gasteiger charge is -2.26. The number of benzene rings is 1. The Hall–Kier alpha value is -1.88. The van der Waals surface area contributed by atoms with E-state index in [9.17, 15) is 9.59 Å². The van der Waals surface area contributed by atoms with Gasteiger partial charge in [0.2, 0.25) is 0 Å². The lowest BCUT2D eigenvalue weighted by Crippen LogP contribution is -2.40. The second-order valence-corrected chi connectivity index (χ2v) is 4.02. The molecule has 0 aliphatic carbocycles. The molecule has 0 unspecified atom stereocenters. The molecule has 18 heavy (non-hydrogen) atoms. The Kier molecular flexibility index (Phi) is 3.94. The van der Waals surface area contributed by atoms with Crippen LogP contribution >= 0.6 is 0 Å². The van der Waals surface area contributed by atoms with Crippen LogP contribution in [0.5, 0.6) is 5.75 Å². The van der Waals surface area contributed by atoms with E-state index in [1.807, 2.05) is 0 Å². The Morgan fingerprint density at radius 1 is 1.17 bits per heavy atom. The van der Waals surface area contributed by atoms with Crippen molar-refractivity contribution >= 4 is 11.9 Å². The second kappa shape index (κ2) is 5.64. The predicted octanol–water partition coefficient (Wildman–Crippen LogP) is 1.08. The number of rotatable bonds is 2. The summed E-state index contributed by atoms with van der Waals surface area (Å²) in [5.74, 6) is 0.0518. The predicted molar refractivity (Wildman–Crippen MR) is 64.5 cm³/mol. The first-order valence-electron chi connectivity index (χ1n) is 5.82. The molecule has 1 aliphatic heterocycles. The van der Waals surface area contributed by atoms with Crippen LogP contribution < -0.4 is 4.74 Å². The summed E-state index contributed by atoms with van der Waals surface area (Å²) >= 11 is 0. The van der Waals surface area contributed by atoms with Crippen molar-refractivity contribution in [1.82, 2.24) is 4.90 Å². The molecule has 1 aliphatic rings. The Labute approximate surface area is 105 Å². The zero-order chi connectivity index (χ0) is 13.0. The molecule has 1 fully saturated rings. The summed E-state index contributed by atoms with van der Waals surface area (Å²) in [6.45, 7) is 3.73. The van der Waals surface area contributed by atoms with Crippen LogP contribution in [0.3, 0.4) is 0 Å². The van der Waals surface area contributed by atoms with Gasteiger partial charge in [-0.3, -0.25) is 9.59 Å². The van der Waals surface area contributed by atoms with E-state index in [4.69, 9.17) is 9.47 Å². The average molecular weight is 249 g/mol. The van der Waals surface area contributed by atoms with Crippen molar-refractivity contribution in [2.75, 3.05) is 26.3 Å². The minimum Gasteiger partial charge on any atom is -0.427 e. The molecule has 0 aromatic heterocycles. The quantitative estimate of drug-likeness (QED) is 0.581. The SMILES string of the molecule is CC(=O)Oc1ccc(C(=O)N2CCOCC2)cc1. The van der Waals surface area contributed by atoms with Crippen LogP contribution in [0.4, 0.5) is 0 Å². The molecule has 1 amide bonds. The summed E-state index contributed by atoms with van der Waals surface area (Å²) in [7, 11) is 0. The highest BCUT2D eigenvalue weighted by atomic mass is 16.5. The van der Waals surface area contributed by atoms with Crippen molar-refractivity contribution in [2.24, 2.45) is 0 Å². The van der Waals surface area contributed by atoms with Gasteiger partial charge in [-0.2, -0.15) is 0 Å². The number of ether oxygens (including phenoxy) is 2. The Morgan fingerprint density at radius 2 is 1.78 bits per heavy atom. The maximum Gasteiger partial charge on any atom is 0.308 e. The summed E-state index contributed by atoms with van der Waals surface area (Å²) < 4.78 is 10.1. The van der Waals surface area contributed by atoms with Crippen LogP contribution in [-0.4, -0.2) is 43.1 Å². The van der Waals surface area contributed by atoms with Gasteiger partial charge in [-0.25, -0.2) is 0 Å². The number of morpholine rings is 1. The van der Waals surface area contributed by atoms with Crippen molar-refractivity contribution in [3.63, 3.8) is 0 Å². The standard InChI is InChI=1S/C13H15NO4/c1-10(15)18-12-4-2-11(3-5-12)13(16)14-6-8-17-9-7-14/h2-5H,6-9H2,1H3. The molecule has 0 atom stereocenters. The summed E-state index contributed by atoms with van der Waals surface area (Å²) in [6.07, 6.45) is 0. The zero-order valence-electron chi connectivity index (χ0n) is 10.2. The fraction of sp³-hybridized carbons (Fsp3) is 0.385. The molecule has 5 heteroatoms. The molecule has 0 radical (unpaired) electrons. The average Bonchev–Trinajstić information content (AvgIpc) is 2.39. The molecule has 0 spiro atoms. The Bertz CT molecular complexity index is 435. The second-order valence-electron chi connectivity index (χ2n) is 4.02. The minimum atomic E-state index is -0.373. The van der Waals surface area contributed by atoms with Gasteiger partial charge >= 0.3 is 5.97 Å². The molecule has 0 bridgehead atoms. The first-order valence-corrected chi connectivity index (χ1v) is 5.82. The third-order valence-electron chi connectivity index (χ3n) is 2.66. The number of nitrogens with zero attached hydrogens (tertiary/aromatic N) is 1. The van der Waals surface area contributed by atoms with Gasteiger partial charge in [0.1, 0.15) is 5.75 Å². The van der Waals surface area contributed by atoms with Gasteiger partial charge in [0.25, 0.3) is 5.91 Å². The molecule has 2 rings (SSSR count). The number of esters is 1. The van der Waals surface area contributed by atoms with Gasteiger partial charge < -0.3 is 14.4 Å². The van der Waals surface area contributed by atoms with E-state index in [0.717, 1.165) is 0 Å². The third kappa shape index (κ3) is 3.07. The lowest BCUT2D eigenvalue weighted by molar-refractivity contribution is -0.131. The van der Waals surface area contributed by atoms with Crippen LogP contribution in [-0.2, 0) is 9.53 Å². The van der Waals surface area contributed by atoms with Crippen molar-refractivity contribution in [3.8, 4) is 5.75 Å². The van der Waals surface area contributed by atoms with E-state index < -0.39 is 0 Å². The molecule has 1 saturated heterocycles. The van der Waals surface area contributed by atoms with Gasteiger partial charge in [-0.15, -0.1) is 0 Å². The molecular weight excluding hydrogens is 234 g/mol. The van der Waals surface area contributed by atoms with E-state index in [1.165, 1.54) is 6.92 Å². The first kappa shape index (κ1) is 12.6. The molecule has 1 aromatic rings. The fourth-order valence-electron chi connectivity index (χ4n) is 1.78. The molecule has 5 nitrogen and oxygen atoms in total. The largest absolute Gasteiger partial charge is 0.427 e. The third-order valence-corrected chi connectivity index (χ3v) is 2.66. The van der Waals surface area contributed by atoms with E-state index in [-0.39, 0.29) is 11.9 Å². The van der Waals surface area contributed by atoms with Crippen LogP contribution in [0.15, 0.2) is 24.3 Å². The van der Waals surface area contributed by atoms with E-state index >= 15 is 0 Å². The maximum absolute atomic E-state index is 12.1. The van der Waals surface area contributed by atoms with Crippen molar-refractivity contribution in [1.29, 1.82) is 0 Å². The number of carbonyl (C=O) groups is 2. The number of amides is 1. The van der Waals surface area contributed by atoms with Gasteiger partial charge in [0, 0.05) is 25.6 Å². The lowest BCUT2D eigenvalue weighted by atomic mass is 10.2. The van der Waals surface area contributed by atoms with Crippen molar-refractivity contribution < 1.29 is 19.1 Å². The number of carbonyl (C=O) groups excluding carboxylic acids is 2. The van der Waals surface area contributed by atoms with Crippen LogP contribution in [0.2, 0.25) is 0 Å². The Balaban J connectivity index is 2.04. The molecule has 0 N–H and O–H groups in total.